The van der Waals surface area contributed by atoms with E-state index in [1.165, 1.54) is 0 Å². The Kier molecular flexibility index (Phi) is 3.76. The van der Waals surface area contributed by atoms with Crippen LogP contribution in [0.1, 0.15) is 49.6 Å². The van der Waals surface area contributed by atoms with Crippen LogP contribution in [-0.2, 0) is 6.42 Å². The van der Waals surface area contributed by atoms with Crippen LogP contribution in [0.25, 0.3) is 0 Å². The van der Waals surface area contributed by atoms with E-state index in [-0.39, 0.29) is 5.91 Å². The Labute approximate surface area is 102 Å². The zero-order chi connectivity index (χ0) is 12.3. The molecule has 17 heavy (non-hydrogen) atoms. The van der Waals surface area contributed by atoms with Gasteiger partial charge in [-0.3, -0.25) is 9.89 Å². The molecule has 2 rings (SSSR count). The van der Waals surface area contributed by atoms with Gasteiger partial charge in [-0.15, -0.1) is 5.10 Å². The molecule has 5 nitrogen and oxygen atoms in total. The lowest BCUT2D eigenvalue weighted by Crippen LogP contribution is -2.29. The largest absolute Gasteiger partial charge is 0.336 e. The molecule has 1 aromatic heterocycles. The average molecular weight is 236 g/mol. The third kappa shape index (κ3) is 2.65. The summed E-state index contributed by atoms with van der Waals surface area (Å²) < 4.78 is 0. The lowest BCUT2D eigenvalue weighted by atomic mass is 10.1. The molecule has 1 fully saturated rings. The molecule has 0 aromatic carbocycles. The molecule has 0 radical (unpaired) electrons. The predicted molar refractivity (Wildman–Crippen MR) is 64.7 cm³/mol. The Hall–Kier alpha value is -1.39. The van der Waals surface area contributed by atoms with E-state index in [1.54, 1.807) is 0 Å². The lowest BCUT2D eigenvalue weighted by molar-refractivity contribution is 0.0775. The summed E-state index contributed by atoms with van der Waals surface area (Å²) in [7, 11) is 0. The van der Waals surface area contributed by atoms with E-state index in [4.69, 9.17) is 0 Å². The first kappa shape index (κ1) is 12.1. The maximum Gasteiger partial charge on any atom is 0.293 e. The Balaban J connectivity index is 1.99. The molecule has 0 aliphatic carbocycles. The van der Waals surface area contributed by atoms with E-state index in [0.717, 1.165) is 44.6 Å². The fourth-order valence-electron chi connectivity index (χ4n) is 2.23. The minimum absolute atomic E-state index is 0.0282. The minimum Gasteiger partial charge on any atom is -0.336 e. The minimum atomic E-state index is -0.0282. The van der Waals surface area contributed by atoms with Crippen LogP contribution in [0.3, 0.4) is 0 Å². The summed E-state index contributed by atoms with van der Waals surface area (Å²) >= 11 is 0. The van der Waals surface area contributed by atoms with Gasteiger partial charge in [0.05, 0.1) is 0 Å². The van der Waals surface area contributed by atoms with E-state index in [1.807, 2.05) is 4.90 Å². The van der Waals surface area contributed by atoms with E-state index in [2.05, 4.69) is 29.0 Å². The molecule has 0 spiro atoms. The van der Waals surface area contributed by atoms with Gasteiger partial charge < -0.3 is 4.90 Å². The Morgan fingerprint density at radius 1 is 1.53 bits per heavy atom. The van der Waals surface area contributed by atoms with Crippen LogP contribution in [0.4, 0.5) is 0 Å². The molecule has 0 saturated carbocycles. The Bertz CT molecular complexity index is 388. The van der Waals surface area contributed by atoms with Crippen LogP contribution in [0.15, 0.2) is 0 Å². The van der Waals surface area contributed by atoms with Crippen molar-refractivity contribution >= 4 is 5.91 Å². The van der Waals surface area contributed by atoms with Crippen molar-refractivity contribution in [1.82, 2.24) is 20.1 Å². The first-order chi connectivity index (χ1) is 8.24. The van der Waals surface area contributed by atoms with Crippen LogP contribution in [0.2, 0.25) is 0 Å². The quantitative estimate of drug-likeness (QED) is 0.864. The maximum absolute atomic E-state index is 12.1. The van der Waals surface area contributed by atoms with Gasteiger partial charge in [-0.05, 0) is 18.8 Å². The van der Waals surface area contributed by atoms with Gasteiger partial charge in [0.25, 0.3) is 5.91 Å². The first-order valence-electron chi connectivity index (χ1n) is 6.45. The van der Waals surface area contributed by atoms with Crippen molar-refractivity contribution in [3.8, 4) is 0 Å². The number of H-pyrrole nitrogens is 1. The summed E-state index contributed by atoms with van der Waals surface area (Å²) in [5.74, 6) is 1.75. The van der Waals surface area contributed by atoms with Gasteiger partial charge in [-0.25, -0.2) is 4.98 Å². The lowest BCUT2D eigenvalue weighted by Gasteiger charge is -2.13. The van der Waals surface area contributed by atoms with Crippen molar-refractivity contribution in [3.63, 3.8) is 0 Å². The molecule has 1 unspecified atom stereocenters. The number of nitrogens with zero attached hydrogens (tertiary/aromatic N) is 3. The molecule has 2 heterocycles. The number of likely N-dealkylation sites (tertiary alicyclic amines) is 1. The van der Waals surface area contributed by atoms with Gasteiger partial charge in [0.15, 0.2) is 0 Å². The Morgan fingerprint density at radius 2 is 2.35 bits per heavy atom. The number of hydrogen-bond acceptors (Lipinski definition) is 3. The number of rotatable bonds is 4. The van der Waals surface area contributed by atoms with Gasteiger partial charge in [-0.2, -0.15) is 0 Å². The number of carbonyl (C=O) groups excluding carboxylic acids is 1. The number of aromatic nitrogens is 3. The molecule has 5 heteroatoms. The second-order valence-corrected chi connectivity index (χ2v) is 4.67. The highest BCUT2D eigenvalue weighted by Crippen LogP contribution is 2.20. The number of hydrogen-bond donors (Lipinski definition) is 1. The number of aryl methyl sites for hydroxylation is 1. The molecule has 1 amide bonds. The Morgan fingerprint density at radius 3 is 3.00 bits per heavy atom. The molecule has 94 valence electrons. The van der Waals surface area contributed by atoms with Crippen molar-refractivity contribution in [3.05, 3.63) is 11.6 Å². The van der Waals surface area contributed by atoms with Crippen molar-refractivity contribution in [2.24, 2.45) is 5.92 Å². The van der Waals surface area contributed by atoms with Gasteiger partial charge >= 0.3 is 0 Å². The van der Waals surface area contributed by atoms with E-state index in [0.29, 0.717) is 11.7 Å². The summed E-state index contributed by atoms with van der Waals surface area (Å²) in [5.41, 5.74) is 0. The van der Waals surface area contributed by atoms with Crippen molar-refractivity contribution in [1.29, 1.82) is 0 Å². The molecular formula is C12H20N4O. The second kappa shape index (κ2) is 5.29. The topological polar surface area (TPSA) is 61.9 Å². The van der Waals surface area contributed by atoms with Crippen LogP contribution in [0.5, 0.6) is 0 Å². The van der Waals surface area contributed by atoms with E-state index in [9.17, 15) is 4.79 Å². The van der Waals surface area contributed by atoms with Crippen LogP contribution >= 0.6 is 0 Å². The SMILES string of the molecule is CCCc1nc(C(=O)N2CCC(CC)C2)n[nH]1. The third-order valence-electron chi connectivity index (χ3n) is 3.36. The van der Waals surface area contributed by atoms with Crippen LogP contribution < -0.4 is 0 Å². The van der Waals surface area contributed by atoms with Crippen LogP contribution in [-0.4, -0.2) is 39.1 Å². The monoisotopic (exact) mass is 236 g/mol. The van der Waals surface area contributed by atoms with E-state index < -0.39 is 0 Å². The standard InChI is InChI=1S/C12H20N4O/c1-3-5-10-13-11(15-14-10)12(17)16-7-6-9(4-2)8-16/h9H,3-8H2,1-2H3,(H,13,14,15). The highest BCUT2D eigenvalue weighted by molar-refractivity contribution is 5.90. The first-order valence-corrected chi connectivity index (χ1v) is 6.45. The average Bonchev–Trinajstić information content (AvgIpc) is 2.97. The highest BCUT2D eigenvalue weighted by Gasteiger charge is 2.27. The zero-order valence-corrected chi connectivity index (χ0v) is 10.6. The molecular weight excluding hydrogens is 216 g/mol. The van der Waals surface area contributed by atoms with Gasteiger partial charge in [0.1, 0.15) is 5.82 Å². The zero-order valence-electron chi connectivity index (χ0n) is 10.6. The molecule has 1 aliphatic rings. The fourth-order valence-corrected chi connectivity index (χ4v) is 2.23. The molecule has 1 N–H and O–H groups in total. The summed E-state index contributed by atoms with van der Waals surface area (Å²) in [6.07, 6.45) is 4.09. The number of aromatic amines is 1. The van der Waals surface area contributed by atoms with Gasteiger partial charge in [0.2, 0.25) is 5.82 Å². The van der Waals surface area contributed by atoms with Gasteiger partial charge in [0, 0.05) is 19.5 Å². The summed E-state index contributed by atoms with van der Waals surface area (Å²) in [6.45, 7) is 5.95. The van der Waals surface area contributed by atoms with Gasteiger partial charge in [-0.1, -0.05) is 20.3 Å². The molecule has 1 aliphatic heterocycles. The summed E-state index contributed by atoms with van der Waals surface area (Å²) in [4.78, 5) is 18.2. The maximum atomic E-state index is 12.1. The van der Waals surface area contributed by atoms with Crippen molar-refractivity contribution in [2.75, 3.05) is 13.1 Å². The van der Waals surface area contributed by atoms with Crippen LogP contribution in [0, 0.1) is 5.92 Å². The molecule has 1 aromatic rings. The molecule has 1 atom stereocenters. The van der Waals surface area contributed by atoms with E-state index >= 15 is 0 Å². The summed E-state index contributed by atoms with van der Waals surface area (Å²) in [6, 6.07) is 0. The number of amides is 1. The third-order valence-corrected chi connectivity index (χ3v) is 3.36. The highest BCUT2D eigenvalue weighted by atomic mass is 16.2. The predicted octanol–water partition coefficient (Wildman–Crippen LogP) is 1.63. The smallest absolute Gasteiger partial charge is 0.293 e. The fraction of sp³-hybridized carbons (Fsp3) is 0.750. The van der Waals surface area contributed by atoms with Crippen molar-refractivity contribution < 1.29 is 4.79 Å². The molecule has 0 bridgehead atoms. The summed E-state index contributed by atoms with van der Waals surface area (Å²) in [5, 5.41) is 6.83. The normalized spacial score (nSPS) is 19.9. The number of nitrogens with one attached hydrogen (secondary N) is 1. The molecule has 1 saturated heterocycles. The second-order valence-electron chi connectivity index (χ2n) is 4.67. The number of carbonyl (C=O) groups is 1. The van der Waals surface area contributed by atoms with Crippen molar-refractivity contribution in [2.45, 2.75) is 39.5 Å².